The number of methoxy groups -OCH3 is 1. The zero-order valence-corrected chi connectivity index (χ0v) is 14.5. The van der Waals surface area contributed by atoms with E-state index >= 15 is 0 Å². The smallest absolute Gasteiger partial charge is 0.262 e. The van der Waals surface area contributed by atoms with E-state index in [9.17, 15) is 9.59 Å². The van der Waals surface area contributed by atoms with E-state index in [0.29, 0.717) is 16.3 Å². The van der Waals surface area contributed by atoms with Crippen LogP contribution in [0.3, 0.4) is 0 Å². The van der Waals surface area contributed by atoms with Crippen LogP contribution in [0, 0.1) is 6.92 Å². The number of nitrogens with zero attached hydrogens (tertiary/aromatic N) is 2. The molecule has 0 spiro atoms. The minimum Gasteiger partial charge on any atom is -0.497 e. The van der Waals surface area contributed by atoms with Crippen molar-refractivity contribution in [1.82, 2.24) is 4.57 Å². The number of carbonyl (C=O) groups excluding carboxylic acids is 2. The largest absolute Gasteiger partial charge is 0.497 e. The Labute approximate surface area is 149 Å². The normalized spacial score (nSPS) is 10.5. The van der Waals surface area contributed by atoms with Crippen molar-refractivity contribution in [1.29, 1.82) is 0 Å². The minimum atomic E-state index is -0.175. The van der Waals surface area contributed by atoms with Gasteiger partial charge in [-0.15, -0.1) is 0 Å². The Kier molecular flexibility index (Phi) is 4.70. The molecule has 0 bridgehead atoms. The quantitative estimate of drug-likeness (QED) is 0.522. The molecule has 0 N–H and O–H groups in total. The first kappa shape index (κ1) is 17.0. The van der Waals surface area contributed by atoms with Gasteiger partial charge < -0.3 is 4.74 Å². The van der Waals surface area contributed by atoms with Crippen molar-refractivity contribution in [3.63, 3.8) is 0 Å². The molecule has 25 heavy (non-hydrogen) atoms. The molecule has 0 aliphatic carbocycles. The maximum absolute atomic E-state index is 13.0. The Hall–Kier alpha value is -2.88. The molecular weight excluding hydrogens is 340 g/mol. The Morgan fingerprint density at radius 2 is 1.96 bits per heavy atom. The second kappa shape index (κ2) is 6.93. The highest BCUT2D eigenvalue weighted by atomic mass is 35.5. The molecule has 6 heteroatoms. The van der Waals surface area contributed by atoms with Gasteiger partial charge in [0.05, 0.1) is 19.2 Å². The molecule has 0 aliphatic heterocycles. The van der Waals surface area contributed by atoms with Gasteiger partial charge in [0.25, 0.3) is 5.91 Å². The lowest BCUT2D eigenvalue weighted by atomic mass is 10.1. The highest BCUT2D eigenvalue weighted by Gasteiger charge is 2.20. The summed E-state index contributed by atoms with van der Waals surface area (Å²) in [6, 6.07) is 12.2. The van der Waals surface area contributed by atoms with Crippen LogP contribution in [0.5, 0.6) is 5.75 Å². The molecule has 3 rings (SSSR count). The molecule has 5 nitrogen and oxygen atoms in total. The van der Waals surface area contributed by atoms with Gasteiger partial charge in [0, 0.05) is 27.2 Å². The van der Waals surface area contributed by atoms with Crippen molar-refractivity contribution < 1.29 is 14.3 Å². The first-order valence-corrected chi connectivity index (χ1v) is 7.96. The maximum Gasteiger partial charge on any atom is 0.262 e. The fraction of sp³-hybridized carbons (Fsp3) is 0.158. The molecule has 0 atom stereocenters. The number of carbonyl (C=O) groups is 1. The summed E-state index contributed by atoms with van der Waals surface area (Å²) in [7, 11) is 1.58. The summed E-state index contributed by atoms with van der Waals surface area (Å²) in [6.07, 6.45) is 1.55. The average molecular weight is 355 g/mol. The third kappa shape index (κ3) is 3.07. The van der Waals surface area contributed by atoms with Crippen LogP contribution in [0.1, 0.15) is 21.6 Å². The van der Waals surface area contributed by atoms with Crippen LogP contribution in [0.25, 0.3) is 10.9 Å². The molecule has 3 aromatic rings. The van der Waals surface area contributed by atoms with Crippen molar-refractivity contribution in [3.8, 4) is 5.75 Å². The van der Waals surface area contributed by atoms with Gasteiger partial charge in [-0.1, -0.05) is 11.6 Å². The predicted octanol–water partition coefficient (Wildman–Crippen LogP) is 4.14. The monoisotopic (exact) mass is 354 g/mol. The number of aliphatic imine (C=N–C) groups is 1. The van der Waals surface area contributed by atoms with Gasteiger partial charge in [0.2, 0.25) is 6.08 Å². The molecule has 0 saturated carbocycles. The van der Waals surface area contributed by atoms with Gasteiger partial charge in [0.1, 0.15) is 5.75 Å². The maximum atomic E-state index is 13.0. The van der Waals surface area contributed by atoms with Gasteiger partial charge in [-0.25, -0.2) is 9.79 Å². The van der Waals surface area contributed by atoms with Crippen LogP contribution in [0.2, 0.25) is 5.02 Å². The van der Waals surface area contributed by atoms with Crippen LogP contribution >= 0.6 is 11.6 Å². The third-order valence-corrected chi connectivity index (χ3v) is 4.39. The summed E-state index contributed by atoms with van der Waals surface area (Å²) in [5, 5.41) is 1.38. The number of aromatic nitrogens is 1. The van der Waals surface area contributed by atoms with Crippen molar-refractivity contribution in [2.24, 2.45) is 4.99 Å². The molecule has 2 aromatic carbocycles. The lowest BCUT2D eigenvalue weighted by Gasteiger charge is -2.08. The van der Waals surface area contributed by atoms with E-state index in [2.05, 4.69) is 4.99 Å². The fourth-order valence-corrected chi connectivity index (χ4v) is 3.01. The molecule has 0 unspecified atom stereocenters. The standard InChI is InChI=1S/C19H15ClN2O3/c1-12-17(10-21-11-23)16-9-15(25-2)7-8-18(16)22(12)19(24)13-3-5-14(20)6-4-13/h3-9H,10H2,1-2H3. The number of rotatable bonds is 4. The van der Waals surface area contributed by atoms with E-state index < -0.39 is 0 Å². The molecule has 0 aliphatic rings. The molecule has 0 radical (unpaired) electrons. The van der Waals surface area contributed by atoms with Crippen LogP contribution in [0.4, 0.5) is 0 Å². The molecule has 0 fully saturated rings. The van der Waals surface area contributed by atoms with Crippen LogP contribution < -0.4 is 4.74 Å². The first-order valence-electron chi connectivity index (χ1n) is 7.58. The van der Waals surface area contributed by atoms with Gasteiger partial charge in [-0.3, -0.25) is 9.36 Å². The Balaban J connectivity index is 2.23. The summed E-state index contributed by atoms with van der Waals surface area (Å²) >= 11 is 5.90. The highest BCUT2D eigenvalue weighted by Crippen LogP contribution is 2.30. The van der Waals surface area contributed by atoms with Gasteiger partial charge >= 0.3 is 0 Å². The number of hydrogen-bond acceptors (Lipinski definition) is 4. The Bertz CT molecular complexity index is 1000. The van der Waals surface area contributed by atoms with Gasteiger partial charge in [-0.05, 0) is 49.4 Å². The van der Waals surface area contributed by atoms with Gasteiger partial charge in [-0.2, -0.15) is 0 Å². The SMILES string of the molecule is COc1ccc2c(c1)c(CN=C=O)c(C)n2C(=O)c1ccc(Cl)cc1. The number of hydrogen-bond donors (Lipinski definition) is 0. The van der Waals surface area contributed by atoms with E-state index in [1.807, 2.05) is 19.1 Å². The topological polar surface area (TPSA) is 60.7 Å². The number of ether oxygens (including phenoxy) is 1. The highest BCUT2D eigenvalue weighted by molar-refractivity contribution is 6.30. The van der Waals surface area contributed by atoms with Crippen LogP contribution in [-0.2, 0) is 11.3 Å². The zero-order valence-electron chi connectivity index (χ0n) is 13.7. The third-order valence-electron chi connectivity index (χ3n) is 4.14. The lowest BCUT2D eigenvalue weighted by molar-refractivity contribution is 0.0963. The molecular formula is C19H15ClN2O3. The summed E-state index contributed by atoms with van der Waals surface area (Å²) in [4.78, 5) is 27.2. The average Bonchev–Trinajstić information content (AvgIpc) is 2.90. The van der Waals surface area contributed by atoms with E-state index in [-0.39, 0.29) is 12.5 Å². The summed E-state index contributed by atoms with van der Waals surface area (Å²) < 4.78 is 6.89. The predicted molar refractivity (Wildman–Crippen MR) is 96.2 cm³/mol. The first-order chi connectivity index (χ1) is 12.1. The minimum absolute atomic E-state index is 0.153. The summed E-state index contributed by atoms with van der Waals surface area (Å²) in [5.41, 5.74) is 2.77. The Morgan fingerprint density at radius 3 is 2.60 bits per heavy atom. The van der Waals surface area contributed by atoms with Gasteiger partial charge in [0.15, 0.2) is 0 Å². The van der Waals surface area contributed by atoms with Crippen molar-refractivity contribution in [3.05, 3.63) is 64.3 Å². The lowest BCUT2D eigenvalue weighted by Crippen LogP contribution is -2.13. The molecule has 1 aromatic heterocycles. The Morgan fingerprint density at radius 1 is 1.24 bits per heavy atom. The molecule has 0 saturated heterocycles. The van der Waals surface area contributed by atoms with Crippen LogP contribution in [-0.4, -0.2) is 23.7 Å². The summed E-state index contributed by atoms with van der Waals surface area (Å²) in [6.45, 7) is 1.98. The second-order valence-electron chi connectivity index (χ2n) is 5.50. The van der Waals surface area contributed by atoms with E-state index in [4.69, 9.17) is 16.3 Å². The van der Waals surface area contributed by atoms with Crippen molar-refractivity contribution in [2.75, 3.05) is 7.11 Å². The molecule has 1 heterocycles. The second-order valence-corrected chi connectivity index (χ2v) is 5.94. The summed E-state index contributed by atoms with van der Waals surface area (Å²) in [5.74, 6) is 0.491. The number of isocyanates is 1. The number of halogens is 1. The number of fused-ring (bicyclic) bond motifs is 1. The van der Waals surface area contributed by atoms with E-state index in [1.54, 1.807) is 48.1 Å². The van der Waals surface area contributed by atoms with Crippen LogP contribution in [0.15, 0.2) is 47.5 Å². The fourth-order valence-electron chi connectivity index (χ4n) is 2.88. The van der Waals surface area contributed by atoms with E-state index in [1.165, 1.54) is 0 Å². The number of benzene rings is 2. The molecule has 0 amide bonds. The van der Waals surface area contributed by atoms with Crippen molar-refractivity contribution >= 4 is 34.5 Å². The van der Waals surface area contributed by atoms with Crippen molar-refractivity contribution in [2.45, 2.75) is 13.5 Å². The zero-order chi connectivity index (χ0) is 18.0. The molecule has 126 valence electrons. The van der Waals surface area contributed by atoms with E-state index in [0.717, 1.165) is 22.2 Å².